The van der Waals surface area contributed by atoms with Crippen LogP contribution in [0.4, 0.5) is 0 Å². The third-order valence-corrected chi connectivity index (χ3v) is 3.51. The molecule has 4 nitrogen and oxygen atoms in total. The van der Waals surface area contributed by atoms with Gasteiger partial charge in [0.2, 0.25) is 5.89 Å². The average molecular weight is 330 g/mol. The summed E-state index contributed by atoms with van der Waals surface area (Å²) in [5.74, 6) is 1.94. The van der Waals surface area contributed by atoms with E-state index >= 15 is 0 Å². The molecule has 0 fully saturated rings. The van der Waals surface area contributed by atoms with Gasteiger partial charge in [-0.05, 0) is 48.9 Å². The molecule has 0 aliphatic rings. The number of oxazole rings is 1. The zero-order valence-corrected chi connectivity index (χ0v) is 13.6. The number of benzene rings is 2. The number of ether oxygens (including phenoxy) is 2. The first kappa shape index (κ1) is 15.4. The van der Waals surface area contributed by atoms with Gasteiger partial charge in [0, 0.05) is 11.1 Å². The Hall–Kier alpha value is -2.46. The molecule has 0 saturated carbocycles. The van der Waals surface area contributed by atoms with Gasteiger partial charge in [0.15, 0.2) is 17.1 Å². The van der Waals surface area contributed by atoms with E-state index in [1.54, 1.807) is 19.2 Å². The minimum Gasteiger partial charge on any atom is -0.493 e. The molecule has 0 bridgehead atoms. The van der Waals surface area contributed by atoms with Crippen molar-refractivity contribution in [3.63, 3.8) is 0 Å². The number of fused-ring (bicyclic) bond motifs is 1. The Morgan fingerprint density at radius 3 is 2.78 bits per heavy atom. The molecule has 0 atom stereocenters. The topological polar surface area (TPSA) is 44.5 Å². The van der Waals surface area contributed by atoms with Gasteiger partial charge in [-0.15, -0.1) is 0 Å². The van der Waals surface area contributed by atoms with Crippen LogP contribution in [0.3, 0.4) is 0 Å². The SMILES string of the molecule is CCOc1cc(/C=C/c2nc3cc(Cl)ccc3o2)ccc1OC. The largest absolute Gasteiger partial charge is 0.493 e. The fourth-order valence-electron chi connectivity index (χ4n) is 2.22. The molecule has 0 saturated heterocycles. The Balaban J connectivity index is 1.87. The number of halogens is 1. The first-order chi connectivity index (χ1) is 11.2. The van der Waals surface area contributed by atoms with Crippen LogP contribution >= 0.6 is 11.6 Å². The molecule has 2 aromatic carbocycles. The smallest absolute Gasteiger partial charge is 0.220 e. The van der Waals surface area contributed by atoms with Crippen LogP contribution in [0.15, 0.2) is 40.8 Å². The molecule has 0 radical (unpaired) electrons. The standard InChI is InChI=1S/C18H16ClNO3/c1-3-22-17-10-12(4-7-16(17)21-2)5-9-18-20-14-11-13(19)6-8-15(14)23-18/h4-11H,3H2,1-2H3/b9-5+. The Morgan fingerprint density at radius 1 is 1.13 bits per heavy atom. The minimum absolute atomic E-state index is 0.524. The van der Waals surface area contributed by atoms with Crippen LogP contribution in [0.1, 0.15) is 18.4 Å². The molecular weight excluding hydrogens is 314 g/mol. The number of aromatic nitrogens is 1. The van der Waals surface area contributed by atoms with E-state index in [1.165, 1.54) is 0 Å². The van der Waals surface area contributed by atoms with Crippen LogP contribution in [0.2, 0.25) is 5.02 Å². The van der Waals surface area contributed by atoms with Gasteiger partial charge < -0.3 is 13.9 Å². The lowest BCUT2D eigenvalue weighted by Gasteiger charge is -2.09. The zero-order valence-electron chi connectivity index (χ0n) is 12.9. The maximum absolute atomic E-state index is 5.95. The number of rotatable bonds is 5. The highest BCUT2D eigenvalue weighted by atomic mass is 35.5. The second kappa shape index (κ2) is 6.75. The van der Waals surface area contributed by atoms with Crippen molar-refractivity contribution in [2.45, 2.75) is 6.92 Å². The van der Waals surface area contributed by atoms with Gasteiger partial charge in [-0.3, -0.25) is 0 Å². The first-order valence-corrected chi connectivity index (χ1v) is 7.62. The van der Waals surface area contributed by atoms with Gasteiger partial charge in [0.05, 0.1) is 13.7 Å². The lowest BCUT2D eigenvalue weighted by Crippen LogP contribution is -1.95. The van der Waals surface area contributed by atoms with Crippen molar-refractivity contribution in [2.75, 3.05) is 13.7 Å². The Labute approximate surface area is 139 Å². The lowest BCUT2D eigenvalue weighted by atomic mass is 10.2. The van der Waals surface area contributed by atoms with Crippen molar-refractivity contribution in [3.8, 4) is 11.5 Å². The molecular formula is C18H16ClNO3. The van der Waals surface area contributed by atoms with Crippen LogP contribution in [0.25, 0.3) is 23.3 Å². The molecule has 0 N–H and O–H groups in total. The van der Waals surface area contributed by atoms with Crippen molar-refractivity contribution in [1.82, 2.24) is 4.98 Å². The average Bonchev–Trinajstić information content (AvgIpc) is 2.95. The second-order valence-corrected chi connectivity index (χ2v) is 5.28. The van der Waals surface area contributed by atoms with E-state index in [1.807, 2.05) is 43.3 Å². The van der Waals surface area contributed by atoms with Crippen LogP contribution in [0.5, 0.6) is 11.5 Å². The van der Waals surface area contributed by atoms with Crippen molar-refractivity contribution < 1.29 is 13.9 Å². The molecule has 5 heteroatoms. The molecule has 0 aliphatic carbocycles. The quantitative estimate of drug-likeness (QED) is 0.656. The van der Waals surface area contributed by atoms with Crippen LogP contribution in [-0.2, 0) is 0 Å². The maximum Gasteiger partial charge on any atom is 0.220 e. The molecule has 0 amide bonds. The van der Waals surface area contributed by atoms with Crippen molar-refractivity contribution in [2.24, 2.45) is 0 Å². The van der Waals surface area contributed by atoms with E-state index in [2.05, 4.69) is 4.98 Å². The normalized spacial score (nSPS) is 11.3. The summed E-state index contributed by atoms with van der Waals surface area (Å²) in [6.45, 7) is 2.51. The predicted octanol–water partition coefficient (Wildman–Crippen LogP) is 5.06. The molecule has 1 aromatic heterocycles. The van der Waals surface area contributed by atoms with Gasteiger partial charge in [-0.2, -0.15) is 0 Å². The van der Waals surface area contributed by atoms with Crippen molar-refractivity contribution in [3.05, 3.63) is 52.9 Å². The van der Waals surface area contributed by atoms with Crippen molar-refractivity contribution in [1.29, 1.82) is 0 Å². The summed E-state index contributed by atoms with van der Waals surface area (Å²) in [5.41, 5.74) is 2.41. The minimum atomic E-state index is 0.524. The number of methoxy groups -OCH3 is 1. The Bertz CT molecular complexity index is 855. The monoisotopic (exact) mass is 329 g/mol. The summed E-state index contributed by atoms with van der Waals surface area (Å²) in [6, 6.07) is 11.1. The van der Waals surface area contributed by atoms with Gasteiger partial charge in [0.1, 0.15) is 5.52 Å². The number of hydrogen-bond donors (Lipinski definition) is 0. The van der Waals surface area contributed by atoms with E-state index in [0.717, 1.165) is 11.1 Å². The van der Waals surface area contributed by atoms with Gasteiger partial charge in [-0.25, -0.2) is 4.98 Å². The molecule has 0 unspecified atom stereocenters. The molecule has 118 valence electrons. The summed E-state index contributed by atoms with van der Waals surface area (Å²) in [7, 11) is 1.62. The Kier molecular flexibility index (Phi) is 4.53. The van der Waals surface area contributed by atoms with Gasteiger partial charge in [0.25, 0.3) is 0 Å². The summed E-state index contributed by atoms with van der Waals surface area (Å²) in [5, 5.41) is 0.637. The van der Waals surface area contributed by atoms with Crippen LogP contribution in [0, 0.1) is 0 Å². The molecule has 23 heavy (non-hydrogen) atoms. The predicted molar refractivity (Wildman–Crippen MR) is 92.1 cm³/mol. The lowest BCUT2D eigenvalue weighted by molar-refractivity contribution is 0.311. The van der Waals surface area contributed by atoms with Crippen LogP contribution in [-0.4, -0.2) is 18.7 Å². The molecule has 3 aromatic rings. The van der Waals surface area contributed by atoms with Gasteiger partial charge >= 0.3 is 0 Å². The summed E-state index contributed by atoms with van der Waals surface area (Å²) in [4.78, 5) is 4.39. The second-order valence-electron chi connectivity index (χ2n) is 4.84. The fraction of sp³-hybridized carbons (Fsp3) is 0.167. The van der Waals surface area contributed by atoms with Crippen molar-refractivity contribution >= 4 is 34.9 Å². The molecule has 0 aliphatic heterocycles. The highest BCUT2D eigenvalue weighted by molar-refractivity contribution is 6.31. The fourth-order valence-corrected chi connectivity index (χ4v) is 2.39. The zero-order chi connectivity index (χ0) is 16.2. The highest BCUT2D eigenvalue weighted by Gasteiger charge is 2.05. The van der Waals surface area contributed by atoms with Gasteiger partial charge in [-0.1, -0.05) is 17.7 Å². The summed E-state index contributed by atoms with van der Waals surface area (Å²) < 4.78 is 16.5. The Morgan fingerprint density at radius 2 is 2.00 bits per heavy atom. The summed E-state index contributed by atoms with van der Waals surface area (Å²) in [6.07, 6.45) is 3.72. The molecule has 0 spiro atoms. The summed E-state index contributed by atoms with van der Waals surface area (Å²) >= 11 is 5.95. The van der Waals surface area contributed by atoms with Crippen LogP contribution < -0.4 is 9.47 Å². The maximum atomic E-state index is 5.95. The first-order valence-electron chi connectivity index (χ1n) is 7.24. The van der Waals surface area contributed by atoms with E-state index < -0.39 is 0 Å². The molecule has 3 rings (SSSR count). The third-order valence-electron chi connectivity index (χ3n) is 3.27. The van der Waals surface area contributed by atoms with E-state index in [-0.39, 0.29) is 0 Å². The van der Waals surface area contributed by atoms with E-state index in [4.69, 9.17) is 25.5 Å². The van der Waals surface area contributed by atoms with E-state index in [0.29, 0.717) is 34.6 Å². The third kappa shape index (κ3) is 3.48. The van der Waals surface area contributed by atoms with E-state index in [9.17, 15) is 0 Å². The highest BCUT2D eigenvalue weighted by Crippen LogP contribution is 2.29. The number of nitrogens with zero attached hydrogens (tertiary/aromatic N) is 1. The molecule has 1 heterocycles. The number of hydrogen-bond acceptors (Lipinski definition) is 4.